The van der Waals surface area contributed by atoms with Gasteiger partial charge in [-0.1, -0.05) is 13.8 Å². The molecule has 0 saturated carbocycles. The molecule has 0 fully saturated rings. The molecule has 0 amide bonds. The van der Waals surface area contributed by atoms with E-state index in [9.17, 15) is 0 Å². The maximum absolute atomic E-state index is 9.05. The summed E-state index contributed by atoms with van der Waals surface area (Å²) in [5, 5.41) is 20.9. The van der Waals surface area contributed by atoms with E-state index in [0.29, 0.717) is 0 Å². The lowest BCUT2D eigenvalue weighted by molar-refractivity contribution is 0.163. The number of aliphatic hydroxyl groups is 1. The Labute approximate surface area is 74.4 Å². The van der Waals surface area contributed by atoms with Gasteiger partial charge in [-0.05, 0) is 19.8 Å². The van der Waals surface area contributed by atoms with Crippen LogP contribution in [0.25, 0.3) is 0 Å². The summed E-state index contributed by atoms with van der Waals surface area (Å²) in [6, 6.07) is 2.00. The monoisotopic (exact) mass is 170 g/mol. The predicted molar refractivity (Wildman–Crippen MR) is 48.6 cm³/mol. The van der Waals surface area contributed by atoms with Crippen molar-refractivity contribution in [3.8, 4) is 6.07 Å². The maximum atomic E-state index is 9.05. The van der Waals surface area contributed by atoms with Crippen molar-refractivity contribution in [2.45, 2.75) is 45.2 Å². The van der Waals surface area contributed by atoms with Gasteiger partial charge in [0.25, 0.3) is 0 Å². The van der Waals surface area contributed by atoms with Crippen molar-refractivity contribution in [2.75, 3.05) is 6.61 Å². The fourth-order valence-corrected chi connectivity index (χ4v) is 0.906. The van der Waals surface area contributed by atoms with Crippen molar-refractivity contribution in [3.63, 3.8) is 0 Å². The van der Waals surface area contributed by atoms with Gasteiger partial charge >= 0.3 is 0 Å². The molecule has 0 rings (SSSR count). The van der Waals surface area contributed by atoms with Crippen LogP contribution in [0.2, 0.25) is 0 Å². The normalized spacial score (nSPS) is 17.9. The van der Waals surface area contributed by atoms with Crippen LogP contribution in [0.5, 0.6) is 0 Å². The van der Waals surface area contributed by atoms with Crippen LogP contribution in [0, 0.1) is 11.3 Å². The number of hydrogen-bond donors (Lipinski definition) is 2. The minimum atomic E-state index is -0.309. The van der Waals surface area contributed by atoms with Crippen molar-refractivity contribution in [2.24, 2.45) is 0 Å². The molecule has 0 heterocycles. The van der Waals surface area contributed by atoms with E-state index in [2.05, 4.69) is 11.4 Å². The molecular formula is C9H18N2O. The Balaban J connectivity index is 4.10. The summed E-state index contributed by atoms with van der Waals surface area (Å²) in [5.41, 5.74) is -0.309. The summed E-state index contributed by atoms with van der Waals surface area (Å²) in [5.74, 6) is 0. The van der Waals surface area contributed by atoms with Crippen molar-refractivity contribution in [1.82, 2.24) is 5.32 Å². The van der Waals surface area contributed by atoms with Crippen molar-refractivity contribution in [3.05, 3.63) is 0 Å². The van der Waals surface area contributed by atoms with E-state index in [1.807, 2.05) is 20.8 Å². The van der Waals surface area contributed by atoms with Crippen LogP contribution in [0.1, 0.15) is 33.6 Å². The number of rotatable bonds is 5. The Bertz CT molecular complexity index is 158. The molecule has 2 N–H and O–H groups in total. The molecule has 0 bridgehead atoms. The van der Waals surface area contributed by atoms with E-state index in [-0.39, 0.29) is 18.2 Å². The second kappa shape index (κ2) is 5.13. The summed E-state index contributed by atoms with van der Waals surface area (Å²) in [6.45, 7) is 5.94. The van der Waals surface area contributed by atoms with Gasteiger partial charge in [-0.15, -0.1) is 0 Å². The molecule has 0 aromatic rings. The largest absolute Gasteiger partial charge is 0.394 e. The zero-order valence-electron chi connectivity index (χ0n) is 8.09. The fraction of sp³-hybridized carbons (Fsp3) is 0.889. The molecule has 0 aliphatic heterocycles. The van der Waals surface area contributed by atoms with Gasteiger partial charge in [-0.25, -0.2) is 0 Å². The van der Waals surface area contributed by atoms with Crippen molar-refractivity contribution < 1.29 is 5.11 Å². The highest BCUT2D eigenvalue weighted by molar-refractivity contribution is 4.95. The topological polar surface area (TPSA) is 56.0 Å². The van der Waals surface area contributed by atoms with Gasteiger partial charge in [0.2, 0.25) is 0 Å². The smallest absolute Gasteiger partial charge is 0.0955 e. The molecule has 0 aromatic heterocycles. The molecule has 0 aliphatic rings. The summed E-state index contributed by atoms with van der Waals surface area (Å²) in [6.07, 6.45) is 1.59. The first kappa shape index (κ1) is 11.4. The van der Waals surface area contributed by atoms with Gasteiger partial charge in [-0.3, -0.25) is 5.32 Å². The molecule has 0 aliphatic carbocycles. The van der Waals surface area contributed by atoms with Crippen molar-refractivity contribution in [1.29, 1.82) is 5.26 Å². The summed E-state index contributed by atoms with van der Waals surface area (Å²) in [4.78, 5) is 0. The number of nitrogens with one attached hydrogen (secondary N) is 1. The number of nitrogens with zero attached hydrogens (tertiary/aromatic N) is 1. The Morgan fingerprint density at radius 2 is 2.17 bits per heavy atom. The second-order valence-electron chi connectivity index (χ2n) is 3.31. The second-order valence-corrected chi connectivity index (χ2v) is 3.31. The third kappa shape index (κ3) is 3.21. The minimum Gasteiger partial charge on any atom is -0.394 e. The highest BCUT2D eigenvalue weighted by Crippen LogP contribution is 2.09. The SMILES string of the molecule is CCC(C#N)NC(C)(CC)CO. The average molecular weight is 170 g/mol. The number of aliphatic hydroxyl groups excluding tert-OH is 1. The molecule has 0 radical (unpaired) electrons. The highest BCUT2D eigenvalue weighted by Gasteiger charge is 2.23. The van der Waals surface area contributed by atoms with Gasteiger partial charge < -0.3 is 5.11 Å². The molecule has 3 nitrogen and oxygen atoms in total. The van der Waals surface area contributed by atoms with E-state index in [1.54, 1.807) is 0 Å². The summed E-state index contributed by atoms with van der Waals surface area (Å²) in [7, 11) is 0. The van der Waals surface area contributed by atoms with Gasteiger partial charge in [-0.2, -0.15) is 5.26 Å². The van der Waals surface area contributed by atoms with E-state index in [0.717, 1.165) is 12.8 Å². The van der Waals surface area contributed by atoms with E-state index in [1.165, 1.54) is 0 Å². The molecule has 0 aromatic carbocycles. The lowest BCUT2D eigenvalue weighted by atomic mass is 9.98. The molecule has 12 heavy (non-hydrogen) atoms. The third-order valence-corrected chi connectivity index (χ3v) is 2.22. The first-order chi connectivity index (χ1) is 5.61. The van der Waals surface area contributed by atoms with Crippen LogP contribution < -0.4 is 5.32 Å². The van der Waals surface area contributed by atoms with E-state index >= 15 is 0 Å². The molecule has 2 unspecified atom stereocenters. The van der Waals surface area contributed by atoms with Crippen LogP contribution in [-0.4, -0.2) is 23.3 Å². The van der Waals surface area contributed by atoms with Gasteiger partial charge in [0.05, 0.1) is 18.7 Å². The lowest BCUT2D eigenvalue weighted by Gasteiger charge is -2.29. The van der Waals surface area contributed by atoms with Crippen LogP contribution in [0.3, 0.4) is 0 Å². The fourth-order valence-electron chi connectivity index (χ4n) is 0.906. The third-order valence-electron chi connectivity index (χ3n) is 2.22. The first-order valence-corrected chi connectivity index (χ1v) is 4.40. The van der Waals surface area contributed by atoms with Gasteiger partial charge in [0.15, 0.2) is 0 Å². The standard InChI is InChI=1S/C9H18N2O/c1-4-8(6-10)11-9(3,5-2)7-12/h8,11-12H,4-5,7H2,1-3H3. The van der Waals surface area contributed by atoms with Gasteiger partial charge in [0.1, 0.15) is 0 Å². The zero-order valence-corrected chi connectivity index (χ0v) is 8.09. The van der Waals surface area contributed by atoms with Crippen LogP contribution >= 0.6 is 0 Å². The molecule has 2 atom stereocenters. The zero-order chi connectivity index (χ0) is 9.61. The minimum absolute atomic E-state index is 0.0711. The van der Waals surface area contributed by atoms with E-state index in [4.69, 9.17) is 10.4 Å². The number of hydrogen-bond acceptors (Lipinski definition) is 3. The highest BCUT2D eigenvalue weighted by atomic mass is 16.3. The maximum Gasteiger partial charge on any atom is 0.0955 e. The lowest BCUT2D eigenvalue weighted by Crippen LogP contribution is -2.49. The van der Waals surface area contributed by atoms with Crippen LogP contribution in [-0.2, 0) is 0 Å². The van der Waals surface area contributed by atoms with E-state index < -0.39 is 0 Å². The molecule has 70 valence electrons. The molecular weight excluding hydrogens is 152 g/mol. The first-order valence-electron chi connectivity index (χ1n) is 4.40. The summed E-state index contributed by atoms with van der Waals surface area (Å²) >= 11 is 0. The van der Waals surface area contributed by atoms with Crippen LogP contribution in [0.4, 0.5) is 0 Å². The van der Waals surface area contributed by atoms with Crippen LogP contribution in [0.15, 0.2) is 0 Å². The quantitative estimate of drug-likeness (QED) is 0.648. The Morgan fingerprint density at radius 1 is 1.58 bits per heavy atom. The van der Waals surface area contributed by atoms with Crippen molar-refractivity contribution >= 4 is 0 Å². The Morgan fingerprint density at radius 3 is 2.42 bits per heavy atom. The van der Waals surface area contributed by atoms with Gasteiger partial charge in [0, 0.05) is 5.54 Å². The molecule has 3 heteroatoms. The molecule has 0 saturated heterocycles. The summed E-state index contributed by atoms with van der Waals surface area (Å²) < 4.78 is 0. The number of nitriles is 1. The average Bonchev–Trinajstić information content (AvgIpc) is 2.14. The molecule has 0 spiro atoms. The Kier molecular flexibility index (Phi) is 4.87. The predicted octanol–water partition coefficient (Wildman–Crippen LogP) is 1.04. The Hall–Kier alpha value is -0.590.